The summed E-state index contributed by atoms with van der Waals surface area (Å²) in [5, 5.41) is 2.99. The first-order valence-corrected chi connectivity index (χ1v) is 6.60. The molecule has 0 bridgehead atoms. The molecule has 4 heteroatoms. The number of hydrogen-bond acceptors (Lipinski definition) is 2. The maximum atomic E-state index is 11.8. The largest absolute Gasteiger partial charge is 0.436 e. The van der Waals surface area contributed by atoms with E-state index in [0.717, 1.165) is 24.8 Å². The highest BCUT2D eigenvalue weighted by molar-refractivity contribution is 6.30. The van der Waals surface area contributed by atoms with Gasteiger partial charge < -0.3 is 9.97 Å². The molecule has 1 radical (unpaired) electrons. The van der Waals surface area contributed by atoms with Crippen LogP contribution in [0.5, 0.6) is 0 Å². The summed E-state index contributed by atoms with van der Waals surface area (Å²) >= 11 is 0. The number of amides is 1. The summed E-state index contributed by atoms with van der Waals surface area (Å²) in [5.74, 6) is 0.116. The Morgan fingerprint density at radius 3 is 2.78 bits per heavy atom. The molecule has 18 heavy (non-hydrogen) atoms. The molecule has 1 aliphatic heterocycles. The molecule has 0 spiro atoms. The van der Waals surface area contributed by atoms with Gasteiger partial charge in [0, 0.05) is 12.0 Å². The van der Waals surface area contributed by atoms with Crippen LogP contribution in [0.1, 0.15) is 31.7 Å². The van der Waals surface area contributed by atoms with Gasteiger partial charge in [0.2, 0.25) is 5.91 Å². The van der Waals surface area contributed by atoms with Gasteiger partial charge in [-0.05, 0) is 24.8 Å². The lowest BCUT2D eigenvalue weighted by molar-refractivity contribution is -0.120. The van der Waals surface area contributed by atoms with E-state index in [1.165, 1.54) is 0 Å². The Labute approximate surface area is 109 Å². The fraction of sp³-hybridized carbons (Fsp3) is 0.500. The minimum Gasteiger partial charge on any atom is -0.436 e. The van der Waals surface area contributed by atoms with Crippen molar-refractivity contribution in [3.63, 3.8) is 0 Å². The first kappa shape index (κ1) is 13.2. The van der Waals surface area contributed by atoms with Gasteiger partial charge in [-0.25, -0.2) is 0 Å². The fourth-order valence-corrected chi connectivity index (χ4v) is 2.15. The minimum absolute atomic E-state index is 0.0565. The lowest BCUT2D eigenvalue weighted by Gasteiger charge is -2.28. The van der Waals surface area contributed by atoms with Crippen molar-refractivity contribution < 1.29 is 9.45 Å². The van der Waals surface area contributed by atoms with Crippen LogP contribution >= 0.6 is 0 Å². The minimum atomic E-state index is 0.0565. The van der Waals surface area contributed by atoms with E-state index >= 15 is 0 Å². The number of benzene rings is 1. The Morgan fingerprint density at radius 1 is 1.39 bits per heavy atom. The topological polar surface area (TPSA) is 38.3 Å². The Bertz CT molecular complexity index is 375. The zero-order valence-corrected chi connectivity index (χ0v) is 10.8. The number of carbonyl (C=O) groups is 1. The maximum Gasteiger partial charge on any atom is 0.317 e. The first-order chi connectivity index (χ1) is 8.78. The second kappa shape index (κ2) is 6.59. The molecule has 1 heterocycles. The maximum absolute atomic E-state index is 11.8. The summed E-state index contributed by atoms with van der Waals surface area (Å²) in [4.78, 5) is 11.8. The first-order valence-electron chi connectivity index (χ1n) is 6.60. The van der Waals surface area contributed by atoms with Crippen LogP contribution in [0.2, 0.25) is 0 Å². The molecule has 0 aromatic heterocycles. The van der Waals surface area contributed by atoms with Crippen LogP contribution in [0.4, 0.5) is 0 Å². The third-order valence-electron chi connectivity index (χ3n) is 3.24. The predicted molar refractivity (Wildman–Crippen MR) is 72.2 cm³/mol. The van der Waals surface area contributed by atoms with Gasteiger partial charge in [0.15, 0.2) is 0 Å². The van der Waals surface area contributed by atoms with E-state index in [2.05, 4.69) is 12.2 Å². The Balaban J connectivity index is 1.75. The molecule has 2 atom stereocenters. The van der Waals surface area contributed by atoms with Crippen LogP contribution in [-0.4, -0.2) is 25.4 Å². The van der Waals surface area contributed by atoms with Crippen LogP contribution in [-0.2, 0) is 15.9 Å². The zero-order chi connectivity index (χ0) is 12.8. The third-order valence-corrected chi connectivity index (χ3v) is 3.24. The quantitative estimate of drug-likeness (QED) is 0.821. The molecule has 2 unspecified atom stereocenters. The van der Waals surface area contributed by atoms with Gasteiger partial charge in [-0.2, -0.15) is 0 Å². The third kappa shape index (κ3) is 3.88. The van der Waals surface area contributed by atoms with E-state index in [1.807, 2.05) is 30.3 Å². The van der Waals surface area contributed by atoms with Gasteiger partial charge in [-0.1, -0.05) is 37.3 Å². The second-order valence-electron chi connectivity index (χ2n) is 4.72. The van der Waals surface area contributed by atoms with Crippen molar-refractivity contribution in [3.05, 3.63) is 35.9 Å². The Kier molecular flexibility index (Phi) is 4.82. The number of rotatable bonds is 4. The van der Waals surface area contributed by atoms with Crippen LogP contribution in [0.25, 0.3) is 0 Å². The average Bonchev–Trinajstić information content (AvgIpc) is 2.40. The summed E-state index contributed by atoms with van der Waals surface area (Å²) in [5.41, 5.74) is 1.04. The highest BCUT2D eigenvalue weighted by Gasteiger charge is 2.23. The molecule has 1 amide bonds. The molecule has 1 saturated heterocycles. The Hall–Kier alpha value is -1.29. The fourth-order valence-electron chi connectivity index (χ4n) is 2.15. The van der Waals surface area contributed by atoms with Gasteiger partial charge in [0.25, 0.3) is 0 Å². The lowest BCUT2D eigenvalue weighted by atomic mass is 9.79. The highest BCUT2D eigenvalue weighted by Crippen LogP contribution is 2.14. The molecule has 1 aromatic rings. The summed E-state index contributed by atoms with van der Waals surface area (Å²) in [6.45, 7) is 2.12. The molecule has 0 aliphatic carbocycles. The van der Waals surface area contributed by atoms with Crippen molar-refractivity contribution in [3.8, 4) is 0 Å². The summed E-state index contributed by atoms with van der Waals surface area (Å²) < 4.78 is 5.55. The van der Waals surface area contributed by atoms with E-state index in [-0.39, 0.29) is 11.8 Å². The average molecular weight is 244 g/mol. The number of carbonyl (C=O) groups excluding carboxylic acids is 1. The summed E-state index contributed by atoms with van der Waals surface area (Å²) in [6.07, 6.45) is 3.78. The van der Waals surface area contributed by atoms with Gasteiger partial charge in [-0.15, -0.1) is 0 Å². The predicted octanol–water partition coefficient (Wildman–Crippen LogP) is 1.88. The summed E-state index contributed by atoms with van der Waals surface area (Å²) in [6, 6.07) is 9.78. The van der Waals surface area contributed by atoms with Crippen LogP contribution < -0.4 is 5.32 Å². The van der Waals surface area contributed by atoms with Gasteiger partial charge >= 0.3 is 7.48 Å². The molecule has 0 saturated carbocycles. The molecule has 95 valence electrons. The van der Waals surface area contributed by atoms with Crippen molar-refractivity contribution in [2.45, 2.75) is 44.7 Å². The standard InChI is InChI=1S/C14H19BNO2/c1-2-12-8-9-13(15-18-12)16-14(17)10-11-6-4-3-5-7-11/h3-7,12-13H,2,8-10H2,1H3,(H,16,17). The van der Waals surface area contributed by atoms with Crippen molar-refractivity contribution in [2.24, 2.45) is 0 Å². The molecule has 1 aliphatic rings. The molecule has 1 N–H and O–H groups in total. The lowest BCUT2D eigenvalue weighted by Crippen LogP contribution is -2.45. The molecular formula is C14H19BNO2. The van der Waals surface area contributed by atoms with Crippen LogP contribution in [0.3, 0.4) is 0 Å². The van der Waals surface area contributed by atoms with Crippen molar-refractivity contribution >= 4 is 13.4 Å². The number of nitrogens with one attached hydrogen (secondary N) is 1. The van der Waals surface area contributed by atoms with Gasteiger partial charge in [0.1, 0.15) is 0 Å². The second-order valence-corrected chi connectivity index (χ2v) is 4.72. The van der Waals surface area contributed by atoms with Gasteiger partial charge in [0.05, 0.1) is 6.42 Å². The number of hydrogen-bond donors (Lipinski definition) is 1. The smallest absolute Gasteiger partial charge is 0.317 e. The monoisotopic (exact) mass is 244 g/mol. The Morgan fingerprint density at radius 2 is 2.17 bits per heavy atom. The van der Waals surface area contributed by atoms with Crippen LogP contribution in [0.15, 0.2) is 30.3 Å². The zero-order valence-electron chi connectivity index (χ0n) is 10.8. The summed E-state index contributed by atoms with van der Waals surface area (Å²) in [7, 11) is 1.78. The molecule has 1 fully saturated rings. The van der Waals surface area contributed by atoms with Crippen molar-refractivity contribution in [1.82, 2.24) is 5.32 Å². The van der Waals surface area contributed by atoms with E-state index in [0.29, 0.717) is 12.5 Å². The van der Waals surface area contributed by atoms with Crippen molar-refractivity contribution in [2.75, 3.05) is 0 Å². The SMILES string of the molecule is CCC1CCC(NC(=O)Cc2ccccc2)[B]O1. The van der Waals surface area contributed by atoms with E-state index < -0.39 is 0 Å². The molecule has 2 rings (SSSR count). The van der Waals surface area contributed by atoms with Crippen molar-refractivity contribution in [1.29, 1.82) is 0 Å². The normalized spacial score (nSPS) is 23.2. The van der Waals surface area contributed by atoms with E-state index in [1.54, 1.807) is 7.48 Å². The highest BCUT2D eigenvalue weighted by atomic mass is 16.4. The molecule has 1 aromatic carbocycles. The van der Waals surface area contributed by atoms with E-state index in [9.17, 15) is 4.79 Å². The van der Waals surface area contributed by atoms with Gasteiger partial charge in [-0.3, -0.25) is 4.79 Å². The molecular weight excluding hydrogens is 225 g/mol. The molecule has 3 nitrogen and oxygen atoms in total. The van der Waals surface area contributed by atoms with Crippen LogP contribution in [0, 0.1) is 0 Å². The van der Waals surface area contributed by atoms with E-state index in [4.69, 9.17) is 4.65 Å².